The number of rotatable bonds is 7. The number of fused-ring (bicyclic) bond motifs is 1. The van der Waals surface area contributed by atoms with Crippen LogP contribution in [0.15, 0.2) is 41.3 Å². The first-order valence-electron chi connectivity index (χ1n) is 8.59. The van der Waals surface area contributed by atoms with Crippen LogP contribution < -0.4 is 19.5 Å². The Morgan fingerprint density at radius 2 is 1.75 bits per heavy atom. The van der Waals surface area contributed by atoms with Crippen LogP contribution in [0.3, 0.4) is 0 Å². The first-order chi connectivity index (χ1) is 13.3. The van der Waals surface area contributed by atoms with Gasteiger partial charge in [0.15, 0.2) is 11.5 Å². The van der Waals surface area contributed by atoms with Crippen molar-refractivity contribution in [2.45, 2.75) is 24.8 Å². The van der Waals surface area contributed by atoms with Gasteiger partial charge in [-0.2, -0.15) is 0 Å². The monoisotopic (exact) mass is 404 g/mol. The van der Waals surface area contributed by atoms with Crippen LogP contribution >= 0.6 is 0 Å². The molecule has 0 fully saturated rings. The van der Waals surface area contributed by atoms with E-state index >= 15 is 0 Å². The van der Waals surface area contributed by atoms with Crippen LogP contribution in [0.2, 0.25) is 0 Å². The average Bonchev–Trinajstić information content (AvgIpc) is 2.95. The van der Waals surface area contributed by atoms with Crippen molar-refractivity contribution < 1.29 is 27.5 Å². The topological polar surface area (TPSA) is 111 Å². The van der Waals surface area contributed by atoms with E-state index in [2.05, 4.69) is 10.0 Å². The Labute approximate surface area is 162 Å². The Hall–Kier alpha value is -2.91. The zero-order valence-corrected chi connectivity index (χ0v) is 16.4. The number of amides is 2. The van der Waals surface area contributed by atoms with Gasteiger partial charge in [-0.3, -0.25) is 14.9 Å². The van der Waals surface area contributed by atoms with Gasteiger partial charge in [0, 0.05) is 6.04 Å². The largest absolute Gasteiger partial charge is 0.493 e. The molecule has 1 aliphatic heterocycles. The van der Waals surface area contributed by atoms with Crippen molar-refractivity contribution in [2.24, 2.45) is 0 Å². The van der Waals surface area contributed by atoms with Gasteiger partial charge in [-0.15, -0.1) is 0 Å². The fourth-order valence-corrected chi connectivity index (χ4v) is 4.17. The summed E-state index contributed by atoms with van der Waals surface area (Å²) in [4.78, 5) is 23.3. The summed E-state index contributed by atoms with van der Waals surface area (Å²) in [7, 11) is -2.42. The molecule has 1 unspecified atom stereocenters. The van der Waals surface area contributed by atoms with Crippen molar-refractivity contribution >= 4 is 21.8 Å². The third-order valence-electron chi connectivity index (χ3n) is 4.34. The van der Waals surface area contributed by atoms with Gasteiger partial charge in [0.25, 0.3) is 11.8 Å². The van der Waals surface area contributed by atoms with Crippen LogP contribution in [0.25, 0.3) is 0 Å². The molecule has 28 heavy (non-hydrogen) atoms. The van der Waals surface area contributed by atoms with E-state index < -0.39 is 27.9 Å². The number of carbonyl (C=O) groups is 2. The van der Waals surface area contributed by atoms with Gasteiger partial charge >= 0.3 is 0 Å². The van der Waals surface area contributed by atoms with Gasteiger partial charge in [-0.1, -0.05) is 6.07 Å². The van der Waals surface area contributed by atoms with Crippen LogP contribution in [0.1, 0.15) is 46.2 Å². The Kier molecular flexibility index (Phi) is 5.39. The van der Waals surface area contributed by atoms with E-state index in [1.165, 1.54) is 25.3 Å². The Balaban J connectivity index is 1.86. The lowest BCUT2D eigenvalue weighted by atomic mass is 10.1. The molecule has 0 bridgehead atoms. The Morgan fingerprint density at radius 1 is 1.04 bits per heavy atom. The molecule has 8 nitrogen and oxygen atoms in total. The predicted molar refractivity (Wildman–Crippen MR) is 101 cm³/mol. The Morgan fingerprint density at radius 3 is 2.43 bits per heavy atom. The first-order valence-corrected chi connectivity index (χ1v) is 10.1. The molecule has 3 rings (SSSR count). The molecule has 2 N–H and O–H groups in total. The molecule has 0 saturated carbocycles. The fourth-order valence-electron chi connectivity index (χ4n) is 2.91. The van der Waals surface area contributed by atoms with Crippen LogP contribution in [0.4, 0.5) is 0 Å². The van der Waals surface area contributed by atoms with Gasteiger partial charge < -0.3 is 9.47 Å². The number of methoxy groups -OCH3 is 1. The molecule has 1 heterocycles. The highest BCUT2D eigenvalue weighted by Crippen LogP contribution is 2.31. The zero-order valence-electron chi connectivity index (χ0n) is 15.6. The maximum Gasteiger partial charge on any atom is 0.258 e. The summed E-state index contributed by atoms with van der Waals surface area (Å²) < 4.78 is 38.8. The van der Waals surface area contributed by atoms with Crippen molar-refractivity contribution in [2.75, 3.05) is 13.7 Å². The molecular weight excluding hydrogens is 384 g/mol. The van der Waals surface area contributed by atoms with Crippen LogP contribution in [0.5, 0.6) is 11.5 Å². The standard InChI is InChI=1S/C19H20N2O6S/c1-4-27-16-8-5-12(9-17(16)26-3)11(2)21-28(24,25)13-6-7-14-15(10-13)19(23)20-18(14)22/h5-11,21H,4H2,1-3H3,(H,20,22,23). The number of benzene rings is 2. The number of hydrogen-bond acceptors (Lipinski definition) is 6. The van der Waals surface area contributed by atoms with Gasteiger partial charge in [0.05, 0.1) is 29.7 Å². The van der Waals surface area contributed by atoms with Gasteiger partial charge in [-0.05, 0) is 49.7 Å². The fraction of sp³-hybridized carbons (Fsp3) is 0.263. The van der Waals surface area contributed by atoms with Gasteiger partial charge in [-0.25, -0.2) is 13.1 Å². The van der Waals surface area contributed by atoms with Gasteiger partial charge in [0.1, 0.15) is 0 Å². The minimum Gasteiger partial charge on any atom is -0.493 e. The third-order valence-corrected chi connectivity index (χ3v) is 5.88. The zero-order chi connectivity index (χ0) is 20.5. The average molecular weight is 404 g/mol. The van der Waals surface area contributed by atoms with Crippen molar-refractivity contribution in [3.63, 3.8) is 0 Å². The van der Waals surface area contributed by atoms with E-state index in [0.717, 1.165) is 0 Å². The molecule has 2 aromatic carbocycles. The van der Waals surface area contributed by atoms with Crippen LogP contribution in [-0.2, 0) is 10.0 Å². The van der Waals surface area contributed by atoms with E-state index in [1.54, 1.807) is 25.1 Å². The maximum atomic E-state index is 12.7. The number of ether oxygens (including phenoxy) is 2. The van der Waals surface area contributed by atoms with E-state index in [1.807, 2.05) is 6.92 Å². The third kappa shape index (κ3) is 3.71. The molecule has 0 saturated heterocycles. The summed E-state index contributed by atoms with van der Waals surface area (Å²) in [5, 5.41) is 2.14. The number of hydrogen-bond donors (Lipinski definition) is 2. The lowest BCUT2D eigenvalue weighted by molar-refractivity contribution is 0.0879. The molecule has 9 heteroatoms. The molecular formula is C19H20N2O6S. The van der Waals surface area contributed by atoms with Crippen molar-refractivity contribution in [1.29, 1.82) is 0 Å². The highest BCUT2D eigenvalue weighted by Gasteiger charge is 2.29. The first kappa shape index (κ1) is 19.8. The summed E-state index contributed by atoms with van der Waals surface area (Å²) in [6, 6.07) is 8.41. The molecule has 148 valence electrons. The quantitative estimate of drug-likeness (QED) is 0.683. The summed E-state index contributed by atoms with van der Waals surface area (Å²) >= 11 is 0. The second kappa shape index (κ2) is 7.61. The highest BCUT2D eigenvalue weighted by molar-refractivity contribution is 7.89. The van der Waals surface area contributed by atoms with Crippen molar-refractivity contribution in [3.05, 3.63) is 53.1 Å². The molecule has 0 aromatic heterocycles. The SMILES string of the molecule is CCOc1ccc(C(C)NS(=O)(=O)c2ccc3c(c2)C(=O)NC3=O)cc1OC. The van der Waals surface area contributed by atoms with E-state index in [4.69, 9.17) is 9.47 Å². The maximum absolute atomic E-state index is 12.7. The molecule has 2 amide bonds. The lowest BCUT2D eigenvalue weighted by Crippen LogP contribution is -2.27. The second-order valence-corrected chi connectivity index (χ2v) is 7.89. The van der Waals surface area contributed by atoms with E-state index in [9.17, 15) is 18.0 Å². The van der Waals surface area contributed by atoms with Crippen LogP contribution in [0, 0.1) is 0 Å². The number of imide groups is 1. The van der Waals surface area contributed by atoms with E-state index in [-0.39, 0.29) is 16.0 Å². The highest BCUT2D eigenvalue weighted by atomic mass is 32.2. The minimum absolute atomic E-state index is 0.0447. The van der Waals surface area contributed by atoms with Gasteiger partial charge in [0.2, 0.25) is 10.0 Å². The van der Waals surface area contributed by atoms with Crippen LogP contribution in [-0.4, -0.2) is 33.9 Å². The van der Waals surface area contributed by atoms with Crippen molar-refractivity contribution in [3.8, 4) is 11.5 Å². The summed E-state index contributed by atoms with van der Waals surface area (Å²) in [6.45, 7) is 4.02. The smallest absolute Gasteiger partial charge is 0.258 e. The normalized spacial score (nSPS) is 14.4. The molecule has 0 spiro atoms. The number of nitrogens with one attached hydrogen (secondary N) is 2. The number of sulfonamides is 1. The molecule has 0 radical (unpaired) electrons. The lowest BCUT2D eigenvalue weighted by Gasteiger charge is -2.17. The second-order valence-electron chi connectivity index (χ2n) is 6.18. The summed E-state index contributed by atoms with van der Waals surface area (Å²) in [5.41, 5.74) is 0.884. The molecule has 2 aromatic rings. The minimum atomic E-state index is -3.92. The molecule has 1 aliphatic rings. The van der Waals surface area contributed by atoms with E-state index in [0.29, 0.717) is 23.7 Å². The predicted octanol–water partition coefficient (Wildman–Crippen LogP) is 2.02. The molecule has 0 aliphatic carbocycles. The summed E-state index contributed by atoms with van der Waals surface area (Å²) in [5.74, 6) is -0.0793. The Bertz CT molecular complexity index is 1050. The van der Waals surface area contributed by atoms with Crippen molar-refractivity contribution in [1.82, 2.24) is 10.0 Å². The number of carbonyl (C=O) groups excluding carboxylic acids is 2. The summed E-state index contributed by atoms with van der Waals surface area (Å²) in [6.07, 6.45) is 0. The molecule has 1 atom stereocenters.